The van der Waals surface area contributed by atoms with Gasteiger partial charge in [-0.25, -0.2) is 0 Å². The van der Waals surface area contributed by atoms with E-state index in [1.807, 2.05) is 37.3 Å². The molecule has 2 aliphatic rings. The number of anilines is 2. The molecule has 31 heavy (non-hydrogen) atoms. The van der Waals surface area contributed by atoms with Crippen LogP contribution < -0.4 is 19.7 Å². The number of aryl methyl sites for hydroxylation is 1. The number of ether oxygens (including phenoxy) is 3. The van der Waals surface area contributed by atoms with E-state index in [9.17, 15) is 9.59 Å². The van der Waals surface area contributed by atoms with Crippen LogP contribution in [-0.4, -0.2) is 44.3 Å². The minimum atomic E-state index is -0.274. The fourth-order valence-corrected chi connectivity index (χ4v) is 3.79. The summed E-state index contributed by atoms with van der Waals surface area (Å²) in [7, 11) is 0. The molecule has 2 aliphatic heterocycles. The topological polar surface area (TPSA) is 77.1 Å². The number of nitrogens with one attached hydrogen (secondary N) is 1. The van der Waals surface area contributed by atoms with Crippen LogP contribution in [0.25, 0.3) is 0 Å². The average molecular weight is 424 g/mol. The molecule has 1 unspecified atom stereocenters. The molecule has 0 bridgehead atoms. The summed E-state index contributed by atoms with van der Waals surface area (Å²) >= 11 is 0. The van der Waals surface area contributed by atoms with Crippen molar-refractivity contribution in [2.45, 2.75) is 38.7 Å². The Morgan fingerprint density at radius 2 is 2.00 bits per heavy atom. The molecule has 2 fully saturated rings. The van der Waals surface area contributed by atoms with E-state index < -0.39 is 0 Å². The zero-order chi connectivity index (χ0) is 21.6. The molecule has 0 spiro atoms. The summed E-state index contributed by atoms with van der Waals surface area (Å²) in [5.41, 5.74) is 2.51. The number of carbonyl (C=O) groups excluding carboxylic acids is 2. The third-order valence-corrected chi connectivity index (χ3v) is 5.45. The van der Waals surface area contributed by atoms with Crippen LogP contribution in [0.15, 0.2) is 42.5 Å². The lowest BCUT2D eigenvalue weighted by Crippen LogP contribution is -2.23. The summed E-state index contributed by atoms with van der Waals surface area (Å²) in [4.78, 5) is 26.0. The van der Waals surface area contributed by atoms with E-state index in [-0.39, 0.29) is 24.5 Å². The van der Waals surface area contributed by atoms with Crippen LogP contribution in [0.2, 0.25) is 0 Å². The van der Waals surface area contributed by atoms with Crippen molar-refractivity contribution in [3.8, 4) is 11.5 Å². The molecule has 4 rings (SSSR count). The summed E-state index contributed by atoms with van der Waals surface area (Å²) in [6.45, 7) is 3.84. The Morgan fingerprint density at radius 3 is 2.71 bits per heavy atom. The van der Waals surface area contributed by atoms with Crippen LogP contribution in [0.4, 0.5) is 11.4 Å². The SMILES string of the molecule is Cc1ccc(NC(=O)COc2ccc(N3CCCC3=O)cc2)c(OCC2CCCO2)c1. The molecule has 7 nitrogen and oxygen atoms in total. The Bertz CT molecular complexity index is 922. The van der Waals surface area contributed by atoms with E-state index in [0.717, 1.165) is 43.7 Å². The largest absolute Gasteiger partial charge is 0.489 e. The number of amides is 2. The normalized spacial score (nSPS) is 18.3. The summed E-state index contributed by atoms with van der Waals surface area (Å²) in [6.07, 6.45) is 3.63. The molecule has 0 aromatic heterocycles. The molecule has 2 saturated heterocycles. The van der Waals surface area contributed by atoms with Crippen molar-refractivity contribution in [2.75, 3.05) is 36.6 Å². The van der Waals surface area contributed by atoms with Gasteiger partial charge in [0.15, 0.2) is 6.61 Å². The number of hydrogen-bond donors (Lipinski definition) is 1. The Balaban J connectivity index is 1.30. The van der Waals surface area contributed by atoms with Gasteiger partial charge < -0.3 is 24.4 Å². The molecular weight excluding hydrogens is 396 g/mol. The van der Waals surface area contributed by atoms with Gasteiger partial charge in [0, 0.05) is 25.3 Å². The van der Waals surface area contributed by atoms with E-state index in [1.54, 1.807) is 17.0 Å². The van der Waals surface area contributed by atoms with Crippen molar-refractivity contribution in [3.05, 3.63) is 48.0 Å². The molecule has 2 heterocycles. The first-order valence-corrected chi connectivity index (χ1v) is 10.8. The molecule has 2 aromatic carbocycles. The quantitative estimate of drug-likeness (QED) is 0.699. The standard InChI is InChI=1S/C24H28N2O5/c1-17-6-11-21(22(14-17)31-15-20-4-3-13-29-20)25-23(27)16-30-19-9-7-18(8-10-19)26-12-2-5-24(26)28/h6-11,14,20H,2-5,12-13,15-16H2,1H3,(H,25,27). The second kappa shape index (κ2) is 9.83. The number of nitrogens with zero attached hydrogens (tertiary/aromatic N) is 1. The first kappa shape index (κ1) is 21.2. The Labute approximate surface area is 182 Å². The van der Waals surface area contributed by atoms with E-state index in [1.165, 1.54) is 0 Å². The summed E-state index contributed by atoms with van der Waals surface area (Å²) < 4.78 is 17.1. The lowest BCUT2D eigenvalue weighted by atomic mass is 10.2. The van der Waals surface area contributed by atoms with Crippen LogP contribution in [0, 0.1) is 6.92 Å². The van der Waals surface area contributed by atoms with Gasteiger partial charge in [-0.2, -0.15) is 0 Å². The number of carbonyl (C=O) groups is 2. The molecule has 0 aliphatic carbocycles. The summed E-state index contributed by atoms with van der Waals surface area (Å²) in [6, 6.07) is 12.9. The van der Waals surface area contributed by atoms with E-state index in [4.69, 9.17) is 14.2 Å². The third kappa shape index (κ3) is 5.55. The highest BCUT2D eigenvalue weighted by molar-refractivity contribution is 5.95. The van der Waals surface area contributed by atoms with Crippen LogP contribution >= 0.6 is 0 Å². The molecule has 1 atom stereocenters. The van der Waals surface area contributed by atoms with Crippen molar-refractivity contribution in [2.24, 2.45) is 0 Å². The fraction of sp³-hybridized carbons (Fsp3) is 0.417. The molecule has 0 radical (unpaired) electrons. The lowest BCUT2D eigenvalue weighted by Gasteiger charge is -2.17. The number of hydrogen-bond acceptors (Lipinski definition) is 5. The highest BCUT2D eigenvalue weighted by Gasteiger charge is 2.21. The fourth-order valence-electron chi connectivity index (χ4n) is 3.79. The lowest BCUT2D eigenvalue weighted by molar-refractivity contribution is -0.118. The van der Waals surface area contributed by atoms with Crippen molar-refractivity contribution in [1.82, 2.24) is 0 Å². The second-order valence-electron chi connectivity index (χ2n) is 7.93. The Kier molecular flexibility index (Phi) is 6.72. The summed E-state index contributed by atoms with van der Waals surface area (Å²) in [5.74, 6) is 1.07. The average Bonchev–Trinajstić information content (AvgIpc) is 3.44. The van der Waals surface area contributed by atoms with Crippen molar-refractivity contribution in [1.29, 1.82) is 0 Å². The minimum Gasteiger partial charge on any atom is -0.489 e. The zero-order valence-electron chi connectivity index (χ0n) is 17.8. The van der Waals surface area contributed by atoms with Gasteiger partial charge in [0.25, 0.3) is 5.91 Å². The van der Waals surface area contributed by atoms with E-state index >= 15 is 0 Å². The summed E-state index contributed by atoms with van der Waals surface area (Å²) in [5, 5.41) is 2.86. The maximum Gasteiger partial charge on any atom is 0.262 e. The maximum absolute atomic E-state index is 12.4. The first-order valence-electron chi connectivity index (χ1n) is 10.8. The van der Waals surface area contributed by atoms with Crippen LogP contribution in [0.5, 0.6) is 11.5 Å². The van der Waals surface area contributed by atoms with Crippen LogP contribution in [0.1, 0.15) is 31.2 Å². The molecular formula is C24H28N2O5. The minimum absolute atomic E-state index is 0.103. The molecule has 2 aromatic rings. The predicted octanol–water partition coefficient (Wildman–Crippen LogP) is 3.70. The highest BCUT2D eigenvalue weighted by Crippen LogP contribution is 2.27. The number of benzene rings is 2. The smallest absolute Gasteiger partial charge is 0.262 e. The molecule has 1 N–H and O–H groups in total. The van der Waals surface area contributed by atoms with Gasteiger partial charge in [-0.3, -0.25) is 9.59 Å². The van der Waals surface area contributed by atoms with E-state index in [2.05, 4.69) is 5.32 Å². The highest BCUT2D eigenvalue weighted by atomic mass is 16.5. The van der Waals surface area contributed by atoms with Gasteiger partial charge in [-0.1, -0.05) is 6.07 Å². The Morgan fingerprint density at radius 1 is 1.16 bits per heavy atom. The van der Waals surface area contributed by atoms with Gasteiger partial charge in [0.05, 0.1) is 11.8 Å². The zero-order valence-corrected chi connectivity index (χ0v) is 17.8. The Hall–Kier alpha value is -3.06. The van der Waals surface area contributed by atoms with Gasteiger partial charge in [0.2, 0.25) is 5.91 Å². The van der Waals surface area contributed by atoms with Gasteiger partial charge >= 0.3 is 0 Å². The van der Waals surface area contributed by atoms with E-state index in [0.29, 0.717) is 30.2 Å². The molecule has 2 amide bonds. The van der Waals surface area contributed by atoms with Crippen molar-refractivity contribution in [3.63, 3.8) is 0 Å². The molecule has 0 saturated carbocycles. The van der Waals surface area contributed by atoms with Crippen LogP contribution in [-0.2, 0) is 14.3 Å². The second-order valence-corrected chi connectivity index (χ2v) is 7.93. The van der Waals surface area contributed by atoms with Gasteiger partial charge in [0.1, 0.15) is 18.1 Å². The van der Waals surface area contributed by atoms with Gasteiger partial charge in [-0.05, 0) is 68.1 Å². The first-order chi connectivity index (χ1) is 15.1. The monoisotopic (exact) mass is 424 g/mol. The van der Waals surface area contributed by atoms with Crippen molar-refractivity contribution >= 4 is 23.2 Å². The predicted molar refractivity (Wildman–Crippen MR) is 118 cm³/mol. The third-order valence-electron chi connectivity index (χ3n) is 5.45. The molecule has 7 heteroatoms. The number of rotatable bonds is 8. The van der Waals surface area contributed by atoms with Gasteiger partial charge in [-0.15, -0.1) is 0 Å². The molecule has 164 valence electrons. The maximum atomic E-state index is 12.4. The van der Waals surface area contributed by atoms with Crippen LogP contribution in [0.3, 0.4) is 0 Å². The van der Waals surface area contributed by atoms with Crippen molar-refractivity contribution < 1.29 is 23.8 Å².